The molecule has 0 N–H and O–H groups in total. The topological polar surface area (TPSA) is 73.8 Å². The van der Waals surface area contributed by atoms with Gasteiger partial charge < -0.3 is 14.2 Å². The number of amides is 1. The molecule has 144 valence electrons. The molecule has 0 radical (unpaired) electrons. The van der Waals surface area contributed by atoms with Crippen LogP contribution in [0.1, 0.15) is 26.2 Å². The van der Waals surface area contributed by atoms with Crippen molar-refractivity contribution in [2.75, 3.05) is 20.3 Å². The Balaban J connectivity index is 1.73. The highest BCUT2D eigenvalue weighted by Crippen LogP contribution is 2.19. The maximum Gasteiger partial charge on any atom is 0.352 e. The van der Waals surface area contributed by atoms with Gasteiger partial charge in [0.15, 0.2) is 0 Å². The van der Waals surface area contributed by atoms with Crippen molar-refractivity contribution in [1.82, 2.24) is 23.6 Å². The van der Waals surface area contributed by atoms with Crippen LogP contribution >= 0.6 is 0 Å². The van der Waals surface area contributed by atoms with E-state index in [1.54, 1.807) is 11.5 Å². The van der Waals surface area contributed by atoms with E-state index in [1.165, 1.54) is 4.68 Å². The fourth-order valence-electron chi connectivity index (χ4n) is 3.96. The summed E-state index contributed by atoms with van der Waals surface area (Å²) in [6.07, 6.45) is 3.18. The lowest BCUT2D eigenvalue weighted by Gasteiger charge is -2.33. The summed E-state index contributed by atoms with van der Waals surface area (Å²) in [6.45, 7) is 3.89. The molecule has 2 aromatic heterocycles. The van der Waals surface area contributed by atoms with Gasteiger partial charge in [0.25, 0.3) is 0 Å². The number of para-hydroxylation sites is 2. The SMILES string of the molecule is COCCn1c2ccccc2n2c(=O)n(CC(=O)N3CCCC[C@@H]3C)nc12. The van der Waals surface area contributed by atoms with E-state index in [9.17, 15) is 9.59 Å². The number of carbonyl (C=O) groups excluding carboxylic acids is 1. The van der Waals surface area contributed by atoms with E-state index >= 15 is 0 Å². The molecular formula is C19H25N5O3. The first kappa shape index (κ1) is 17.8. The Morgan fingerprint density at radius 3 is 2.78 bits per heavy atom. The zero-order valence-electron chi connectivity index (χ0n) is 15.8. The lowest BCUT2D eigenvalue weighted by atomic mass is 10.0. The minimum Gasteiger partial charge on any atom is -0.383 e. The van der Waals surface area contributed by atoms with Gasteiger partial charge in [0.2, 0.25) is 11.7 Å². The summed E-state index contributed by atoms with van der Waals surface area (Å²) in [5.41, 5.74) is 1.44. The van der Waals surface area contributed by atoms with Gasteiger partial charge >= 0.3 is 5.69 Å². The molecule has 0 saturated carbocycles. The van der Waals surface area contributed by atoms with E-state index < -0.39 is 0 Å². The summed E-state index contributed by atoms with van der Waals surface area (Å²) in [6, 6.07) is 7.91. The van der Waals surface area contributed by atoms with Gasteiger partial charge in [0, 0.05) is 26.2 Å². The first-order chi connectivity index (χ1) is 13.1. The molecule has 1 atom stereocenters. The second-order valence-electron chi connectivity index (χ2n) is 7.14. The molecule has 1 saturated heterocycles. The number of hydrogen-bond acceptors (Lipinski definition) is 4. The van der Waals surface area contributed by atoms with Gasteiger partial charge in [-0.25, -0.2) is 13.9 Å². The zero-order chi connectivity index (χ0) is 19.0. The summed E-state index contributed by atoms with van der Waals surface area (Å²) in [7, 11) is 1.64. The Labute approximate surface area is 156 Å². The van der Waals surface area contributed by atoms with Crippen LogP contribution in [0.2, 0.25) is 0 Å². The number of rotatable bonds is 5. The van der Waals surface area contributed by atoms with Crippen LogP contribution in [0.25, 0.3) is 16.8 Å². The highest BCUT2D eigenvalue weighted by Gasteiger charge is 2.25. The van der Waals surface area contributed by atoms with Crippen LogP contribution in [0, 0.1) is 0 Å². The largest absolute Gasteiger partial charge is 0.383 e. The Hall–Kier alpha value is -2.61. The third-order valence-electron chi connectivity index (χ3n) is 5.40. The number of nitrogens with zero attached hydrogens (tertiary/aromatic N) is 5. The van der Waals surface area contributed by atoms with Crippen LogP contribution in [0.4, 0.5) is 0 Å². The smallest absolute Gasteiger partial charge is 0.352 e. The third-order valence-corrected chi connectivity index (χ3v) is 5.40. The molecule has 1 fully saturated rings. The minimum atomic E-state index is -0.282. The summed E-state index contributed by atoms with van der Waals surface area (Å²) in [5.74, 6) is 0.496. The van der Waals surface area contributed by atoms with Crippen molar-refractivity contribution >= 4 is 22.7 Å². The van der Waals surface area contributed by atoms with Gasteiger partial charge in [0.1, 0.15) is 6.54 Å². The number of fused-ring (bicyclic) bond motifs is 3. The first-order valence-corrected chi connectivity index (χ1v) is 9.47. The van der Waals surface area contributed by atoms with Crippen molar-refractivity contribution in [3.63, 3.8) is 0 Å². The molecule has 27 heavy (non-hydrogen) atoms. The van der Waals surface area contributed by atoms with Gasteiger partial charge in [0.05, 0.1) is 17.6 Å². The standard InChI is InChI=1S/C19H25N5O3/c1-14-7-5-6-10-21(14)17(25)13-23-19(26)24-16-9-4-3-8-15(16)22(11-12-27-2)18(24)20-23/h3-4,8-9,14H,5-7,10-13H2,1-2H3/t14-/m0/s1. The van der Waals surface area contributed by atoms with Crippen LogP contribution in [0.15, 0.2) is 29.1 Å². The summed E-state index contributed by atoms with van der Waals surface area (Å²) < 4.78 is 10.0. The van der Waals surface area contributed by atoms with Gasteiger partial charge in [-0.05, 0) is 38.3 Å². The number of hydrogen-bond donors (Lipinski definition) is 0. The Morgan fingerprint density at radius 1 is 1.26 bits per heavy atom. The highest BCUT2D eigenvalue weighted by atomic mass is 16.5. The molecule has 0 spiro atoms. The molecule has 3 heterocycles. The molecule has 8 heteroatoms. The van der Waals surface area contributed by atoms with Crippen molar-refractivity contribution in [2.24, 2.45) is 0 Å². The Kier molecular flexibility index (Phi) is 4.73. The monoisotopic (exact) mass is 371 g/mol. The van der Waals surface area contributed by atoms with Crippen LogP contribution in [-0.2, 0) is 22.6 Å². The average Bonchev–Trinajstić information content (AvgIpc) is 3.15. The van der Waals surface area contributed by atoms with Crippen molar-refractivity contribution in [3.8, 4) is 0 Å². The van der Waals surface area contributed by atoms with Crippen molar-refractivity contribution < 1.29 is 9.53 Å². The number of carbonyl (C=O) groups is 1. The van der Waals surface area contributed by atoms with Crippen LogP contribution in [0.3, 0.4) is 0 Å². The minimum absolute atomic E-state index is 0.0243. The fourth-order valence-corrected chi connectivity index (χ4v) is 3.96. The normalized spacial score (nSPS) is 17.9. The van der Waals surface area contributed by atoms with Crippen molar-refractivity contribution in [1.29, 1.82) is 0 Å². The van der Waals surface area contributed by atoms with Gasteiger partial charge in [-0.15, -0.1) is 5.10 Å². The molecule has 8 nitrogen and oxygen atoms in total. The summed E-state index contributed by atoms with van der Waals surface area (Å²) >= 11 is 0. The number of aromatic nitrogens is 4. The number of imidazole rings is 1. The Morgan fingerprint density at radius 2 is 2.04 bits per heavy atom. The number of benzene rings is 1. The van der Waals surface area contributed by atoms with E-state index in [0.717, 1.165) is 36.8 Å². The van der Waals surface area contributed by atoms with Gasteiger partial charge in [-0.1, -0.05) is 12.1 Å². The average molecular weight is 371 g/mol. The molecule has 3 aromatic rings. The predicted molar refractivity (Wildman–Crippen MR) is 102 cm³/mol. The number of likely N-dealkylation sites (tertiary alicyclic amines) is 1. The summed E-state index contributed by atoms with van der Waals surface area (Å²) in [5, 5.41) is 4.49. The molecule has 1 aliphatic rings. The van der Waals surface area contributed by atoms with Crippen LogP contribution in [-0.4, -0.2) is 55.9 Å². The molecule has 1 amide bonds. The van der Waals surface area contributed by atoms with E-state index in [2.05, 4.69) is 12.0 Å². The lowest BCUT2D eigenvalue weighted by Crippen LogP contribution is -2.44. The van der Waals surface area contributed by atoms with Crippen LogP contribution in [0.5, 0.6) is 0 Å². The molecule has 4 rings (SSSR count). The van der Waals surface area contributed by atoms with Gasteiger partial charge in [-0.2, -0.15) is 0 Å². The Bertz CT molecular complexity index is 1030. The number of piperidine rings is 1. The predicted octanol–water partition coefficient (Wildman–Crippen LogP) is 1.50. The molecule has 0 unspecified atom stereocenters. The van der Waals surface area contributed by atoms with Crippen molar-refractivity contribution in [2.45, 2.75) is 45.3 Å². The fraction of sp³-hybridized carbons (Fsp3) is 0.526. The molecule has 0 aliphatic carbocycles. The first-order valence-electron chi connectivity index (χ1n) is 9.47. The van der Waals surface area contributed by atoms with Crippen molar-refractivity contribution in [3.05, 3.63) is 34.7 Å². The molecular weight excluding hydrogens is 346 g/mol. The van der Waals surface area contributed by atoms with E-state index in [4.69, 9.17) is 4.74 Å². The lowest BCUT2D eigenvalue weighted by molar-refractivity contribution is -0.135. The van der Waals surface area contributed by atoms with Crippen LogP contribution < -0.4 is 5.69 Å². The summed E-state index contributed by atoms with van der Waals surface area (Å²) in [4.78, 5) is 27.6. The maximum atomic E-state index is 13.0. The number of ether oxygens (including phenoxy) is 1. The molecule has 1 aromatic carbocycles. The third kappa shape index (κ3) is 3.03. The van der Waals surface area contributed by atoms with E-state index in [1.807, 2.05) is 33.7 Å². The van der Waals surface area contributed by atoms with E-state index in [-0.39, 0.29) is 24.2 Å². The molecule has 1 aliphatic heterocycles. The van der Waals surface area contributed by atoms with Gasteiger partial charge in [-0.3, -0.25) is 4.79 Å². The zero-order valence-corrected chi connectivity index (χ0v) is 15.8. The molecule has 0 bridgehead atoms. The quantitative estimate of drug-likeness (QED) is 0.681. The highest BCUT2D eigenvalue weighted by molar-refractivity contribution is 5.81. The second-order valence-corrected chi connectivity index (χ2v) is 7.14. The second kappa shape index (κ2) is 7.19. The van der Waals surface area contributed by atoms with E-state index in [0.29, 0.717) is 18.9 Å². The maximum absolute atomic E-state index is 13.0. The number of methoxy groups -OCH3 is 1.